The van der Waals surface area contributed by atoms with E-state index in [1.54, 1.807) is 12.5 Å². The Bertz CT molecular complexity index is 1310. The van der Waals surface area contributed by atoms with Crippen molar-refractivity contribution in [3.63, 3.8) is 0 Å². The fraction of sp³-hybridized carbons (Fsp3) is 0.606. The van der Waals surface area contributed by atoms with Crippen molar-refractivity contribution >= 4 is 31.2 Å². The molecule has 262 valence electrons. The van der Waals surface area contributed by atoms with E-state index in [1.807, 2.05) is 10.6 Å². The van der Waals surface area contributed by atoms with E-state index >= 15 is 0 Å². The first-order valence-electron chi connectivity index (χ1n) is 16.2. The molecule has 2 rings (SSSR count). The van der Waals surface area contributed by atoms with E-state index in [0.717, 1.165) is 37.9 Å². The third-order valence-corrected chi connectivity index (χ3v) is 8.75. The molecular formula is C33H51N4O9P. The van der Waals surface area contributed by atoms with E-state index < -0.39 is 55.8 Å². The number of imidazole rings is 1. The summed E-state index contributed by atoms with van der Waals surface area (Å²) in [7, 11) is -3.45. The molecule has 5 N–H and O–H groups in total. The average molecular weight is 679 g/mol. The number of nitrogens with zero attached hydrogens (tertiary/aromatic N) is 2. The number of carbonyl (C=O) groups is 4. The quantitative estimate of drug-likeness (QED) is 0.0887. The SMILES string of the molecule is COCCC(=O)C[C@@H](Cc1cncn1CCCCCCCCc1ccccc1)C(=O)N[C@@H](C)C(=O)C[C@H](C(N)=O)[C@@H](C)OP(=O)(O)O. The molecule has 1 heterocycles. The molecular weight excluding hydrogens is 627 g/mol. The zero-order valence-electron chi connectivity index (χ0n) is 27.7. The maximum atomic E-state index is 13.4. The molecule has 0 saturated carbocycles. The normalized spacial score (nSPS) is 14.2. The lowest BCUT2D eigenvalue weighted by Crippen LogP contribution is -2.45. The Morgan fingerprint density at radius 3 is 2.30 bits per heavy atom. The Labute approximate surface area is 277 Å². The zero-order valence-corrected chi connectivity index (χ0v) is 28.6. The fourth-order valence-electron chi connectivity index (χ4n) is 5.38. The Kier molecular flexibility index (Phi) is 17.8. The van der Waals surface area contributed by atoms with Crippen LogP contribution >= 0.6 is 7.82 Å². The van der Waals surface area contributed by atoms with E-state index in [4.69, 9.17) is 20.3 Å². The van der Waals surface area contributed by atoms with Gasteiger partial charge >= 0.3 is 7.82 Å². The van der Waals surface area contributed by atoms with Crippen LogP contribution in [0.2, 0.25) is 0 Å². The van der Waals surface area contributed by atoms with Gasteiger partial charge in [-0.2, -0.15) is 0 Å². The minimum absolute atomic E-state index is 0.0681. The number of ketones is 2. The molecule has 0 radical (unpaired) electrons. The first kappa shape index (κ1) is 40.0. The van der Waals surface area contributed by atoms with Crippen LogP contribution in [0, 0.1) is 11.8 Å². The number of ether oxygens (including phenoxy) is 1. The van der Waals surface area contributed by atoms with Crippen molar-refractivity contribution in [2.24, 2.45) is 17.6 Å². The number of carbonyl (C=O) groups excluding carboxylic acids is 4. The predicted octanol–water partition coefficient (Wildman–Crippen LogP) is 3.68. The Balaban J connectivity index is 1.95. The first-order chi connectivity index (χ1) is 22.3. The number of phosphoric acid groups is 1. The van der Waals surface area contributed by atoms with Crippen molar-refractivity contribution < 1.29 is 42.8 Å². The van der Waals surface area contributed by atoms with E-state index in [0.29, 0.717) is 0 Å². The summed E-state index contributed by atoms with van der Waals surface area (Å²) >= 11 is 0. The lowest BCUT2D eigenvalue weighted by atomic mass is 9.92. The molecule has 1 aromatic heterocycles. The highest BCUT2D eigenvalue weighted by Crippen LogP contribution is 2.39. The third-order valence-electron chi connectivity index (χ3n) is 8.14. The van der Waals surface area contributed by atoms with Gasteiger partial charge in [-0.25, -0.2) is 9.55 Å². The standard InChI is InChI=1S/C33H51N4O9P/c1-24(31(39)21-30(32(34)40)25(2)46-47(42,43)44)36-33(41)27(20-29(38)16-18-45-3)19-28-22-35-23-37(28)17-12-7-5-4-6-9-13-26-14-10-8-11-15-26/h8,10-11,14-15,22-25,27,30H,4-7,9,12-13,16-21H2,1-3H3,(H2,34,40)(H,36,41)(H2,42,43,44)/t24-,25+,27+,30-/m0/s1. The monoisotopic (exact) mass is 678 g/mol. The van der Waals surface area contributed by atoms with Crippen LogP contribution in [-0.2, 0) is 52.4 Å². The number of nitrogens with two attached hydrogens (primary N) is 1. The number of Topliss-reactive ketones (excluding diaryl/α,β-unsaturated/α-hetero) is 2. The Morgan fingerprint density at radius 2 is 1.66 bits per heavy atom. The highest BCUT2D eigenvalue weighted by atomic mass is 31.2. The van der Waals surface area contributed by atoms with E-state index in [1.165, 1.54) is 45.8 Å². The summed E-state index contributed by atoms with van der Waals surface area (Å²) in [6.07, 6.45) is 9.59. The minimum atomic E-state index is -4.93. The molecule has 2 amide bonds. The number of methoxy groups -OCH3 is 1. The molecule has 4 atom stereocenters. The minimum Gasteiger partial charge on any atom is -0.384 e. The number of phosphoric ester groups is 1. The molecule has 0 saturated heterocycles. The number of primary amides is 1. The van der Waals surface area contributed by atoms with Gasteiger partial charge in [0.2, 0.25) is 11.8 Å². The Morgan fingerprint density at radius 1 is 1.00 bits per heavy atom. The van der Waals surface area contributed by atoms with Gasteiger partial charge in [0, 0.05) is 51.2 Å². The molecule has 1 aromatic carbocycles. The van der Waals surface area contributed by atoms with Gasteiger partial charge in [0.25, 0.3) is 0 Å². The van der Waals surface area contributed by atoms with Crippen LogP contribution < -0.4 is 11.1 Å². The second kappa shape index (κ2) is 20.9. The van der Waals surface area contributed by atoms with E-state index in [-0.39, 0.29) is 31.7 Å². The summed E-state index contributed by atoms with van der Waals surface area (Å²) in [5.74, 6) is -4.37. The molecule has 0 aliphatic rings. The lowest BCUT2D eigenvalue weighted by molar-refractivity contribution is -0.134. The van der Waals surface area contributed by atoms with Crippen molar-refractivity contribution in [2.75, 3.05) is 13.7 Å². The molecule has 0 bridgehead atoms. The molecule has 2 aromatic rings. The molecule has 47 heavy (non-hydrogen) atoms. The molecule has 14 heteroatoms. The van der Waals surface area contributed by atoms with Gasteiger partial charge in [0.15, 0.2) is 5.78 Å². The summed E-state index contributed by atoms with van der Waals surface area (Å²) in [6.45, 7) is 3.60. The van der Waals surface area contributed by atoms with Crippen molar-refractivity contribution in [3.8, 4) is 0 Å². The number of hydrogen-bond donors (Lipinski definition) is 4. The molecule has 0 aliphatic carbocycles. The van der Waals surface area contributed by atoms with E-state index in [9.17, 15) is 23.7 Å². The van der Waals surface area contributed by atoms with Gasteiger partial charge in [0.05, 0.1) is 36.9 Å². The largest absolute Gasteiger partial charge is 0.469 e. The number of benzene rings is 1. The van der Waals surface area contributed by atoms with Gasteiger partial charge in [-0.05, 0) is 38.7 Å². The maximum Gasteiger partial charge on any atom is 0.469 e. The van der Waals surface area contributed by atoms with Crippen LogP contribution in [0.25, 0.3) is 0 Å². The number of hydrogen-bond acceptors (Lipinski definition) is 8. The lowest BCUT2D eigenvalue weighted by Gasteiger charge is -2.24. The van der Waals surface area contributed by atoms with Crippen molar-refractivity contribution in [1.82, 2.24) is 14.9 Å². The molecule has 13 nitrogen and oxygen atoms in total. The predicted molar refractivity (Wildman–Crippen MR) is 176 cm³/mol. The molecule has 0 fully saturated rings. The number of rotatable bonds is 25. The molecule has 0 unspecified atom stereocenters. The van der Waals surface area contributed by atoms with Crippen molar-refractivity contribution in [3.05, 3.63) is 54.1 Å². The second-order valence-electron chi connectivity index (χ2n) is 12.0. The van der Waals surface area contributed by atoms with Crippen LogP contribution in [-0.4, -0.2) is 68.6 Å². The average Bonchev–Trinajstić information content (AvgIpc) is 3.45. The summed E-state index contributed by atoms with van der Waals surface area (Å²) in [6, 6.07) is 9.41. The topological polar surface area (TPSA) is 200 Å². The molecule has 0 aliphatic heterocycles. The van der Waals surface area contributed by atoms with Gasteiger partial charge < -0.3 is 30.1 Å². The smallest absolute Gasteiger partial charge is 0.384 e. The highest BCUT2D eigenvalue weighted by molar-refractivity contribution is 7.46. The number of nitrogens with one attached hydrogen (secondary N) is 1. The highest BCUT2D eigenvalue weighted by Gasteiger charge is 2.33. The van der Waals surface area contributed by atoms with Crippen molar-refractivity contribution in [2.45, 2.75) is 103 Å². The van der Waals surface area contributed by atoms with Gasteiger partial charge in [0.1, 0.15) is 5.78 Å². The number of aryl methyl sites for hydroxylation is 2. The Hall–Kier alpha value is -3.22. The van der Waals surface area contributed by atoms with Gasteiger partial charge in [-0.3, -0.25) is 23.7 Å². The van der Waals surface area contributed by atoms with E-state index in [2.05, 4.69) is 39.1 Å². The van der Waals surface area contributed by atoms with Crippen LogP contribution in [0.3, 0.4) is 0 Å². The van der Waals surface area contributed by atoms with Crippen LogP contribution in [0.5, 0.6) is 0 Å². The number of unbranched alkanes of at least 4 members (excludes halogenated alkanes) is 5. The third kappa shape index (κ3) is 16.0. The van der Waals surface area contributed by atoms with Crippen LogP contribution in [0.4, 0.5) is 0 Å². The summed E-state index contributed by atoms with van der Waals surface area (Å²) in [5.41, 5.74) is 7.52. The fourth-order valence-corrected chi connectivity index (χ4v) is 5.96. The summed E-state index contributed by atoms with van der Waals surface area (Å²) < 4.78 is 22.8. The number of amides is 2. The maximum absolute atomic E-state index is 13.4. The summed E-state index contributed by atoms with van der Waals surface area (Å²) in [5, 5.41) is 2.64. The van der Waals surface area contributed by atoms with Gasteiger partial charge in [-0.1, -0.05) is 56.0 Å². The summed E-state index contributed by atoms with van der Waals surface area (Å²) in [4.78, 5) is 73.4. The van der Waals surface area contributed by atoms with Crippen LogP contribution in [0.1, 0.15) is 82.9 Å². The number of aromatic nitrogens is 2. The van der Waals surface area contributed by atoms with Crippen LogP contribution in [0.15, 0.2) is 42.9 Å². The van der Waals surface area contributed by atoms with Crippen molar-refractivity contribution in [1.29, 1.82) is 0 Å². The van der Waals surface area contributed by atoms with Gasteiger partial charge in [-0.15, -0.1) is 0 Å². The second-order valence-corrected chi connectivity index (χ2v) is 13.2. The first-order valence-corrected chi connectivity index (χ1v) is 17.7. The molecule has 0 spiro atoms. The zero-order chi connectivity index (χ0) is 34.8.